The molecule has 0 amide bonds. The van der Waals surface area contributed by atoms with Gasteiger partial charge < -0.3 is 17.2 Å². The molecule has 0 rings (SSSR count). The highest BCUT2D eigenvalue weighted by Crippen LogP contribution is 1.96. The van der Waals surface area contributed by atoms with E-state index in [4.69, 9.17) is 17.2 Å². The predicted molar refractivity (Wildman–Crippen MR) is 39.0 cm³/mol. The topological polar surface area (TPSA) is 78.1 Å². The van der Waals surface area contributed by atoms with Crippen molar-refractivity contribution in [2.45, 2.75) is 13.8 Å². The van der Waals surface area contributed by atoms with Gasteiger partial charge in [0.2, 0.25) is 0 Å². The van der Waals surface area contributed by atoms with Crippen LogP contribution >= 0.6 is 0 Å². The highest BCUT2D eigenvalue weighted by molar-refractivity contribution is 5.21. The Morgan fingerprint density at radius 2 is 1.56 bits per heavy atom. The second-order valence-electron chi connectivity index (χ2n) is 2.03. The molecule has 9 heavy (non-hydrogen) atoms. The third kappa shape index (κ3) is 3.46. The minimum Gasteiger partial charge on any atom is -0.402 e. The van der Waals surface area contributed by atoms with Crippen LogP contribution in [0.3, 0.4) is 0 Å². The van der Waals surface area contributed by atoms with E-state index in [2.05, 4.69) is 0 Å². The molecule has 0 unspecified atom stereocenters. The first kappa shape index (κ1) is 7.88. The molecule has 0 spiro atoms. The maximum atomic E-state index is 5.35. The van der Waals surface area contributed by atoms with E-state index in [-0.39, 0.29) is 0 Å². The van der Waals surface area contributed by atoms with Gasteiger partial charge in [-0.1, -0.05) is 0 Å². The molecule has 0 aromatic rings. The zero-order chi connectivity index (χ0) is 7.44. The largest absolute Gasteiger partial charge is 0.402 e. The maximum absolute atomic E-state index is 5.35. The quantitative estimate of drug-likeness (QED) is 0.434. The highest BCUT2D eigenvalue weighted by atomic mass is 14.8. The van der Waals surface area contributed by atoms with Crippen molar-refractivity contribution >= 4 is 0 Å². The standard InChI is InChI=1S/C6H13N3/c1-4(6(8)9)3-5(2)7/h3H,7-9H2,1-2H3/b5-3+. The summed E-state index contributed by atoms with van der Waals surface area (Å²) in [6.07, 6.45) is 1.73. The Hall–Kier alpha value is -1.12. The molecule has 0 aliphatic carbocycles. The number of hydrogen-bond acceptors (Lipinski definition) is 3. The van der Waals surface area contributed by atoms with Gasteiger partial charge >= 0.3 is 0 Å². The molecule has 0 heterocycles. The molecule has 6 N–H and O–H groups in total. The smallest absolute Gasteiger partial charge is 0.0964 e. The van der Waals surface area contributed by atoms with Crippen LogP contribution < -0.4 is 17.2 Å². The van der Waals surface area contributed by atoms with Crippen LogP contribution in [0.1, 0.15) is 13.8 Å². The lowest BCUT2D eigenvalue weighted by Crippen LogP contribution is -2.10. The lowest BCUT2D eigenvalue weighted by atomic mass is 10.2. The molecule has 3 heteroatoms. The predicted octanol–water partition coefficient (Wildman–Crippen LogP) is -0.00220. The summed E-state index contributed by atoms with van der Waals surface area (Å²) >= 11 is 0. The number of rotatable bonds is 1. The maximum Gasteiger partial charge on any atom is 0.0964 e. The third-order valence-electron chi connectivity index (χ3n) is 0.900. The zero-order valence-corrected chi connectivity index (χ0v) is 5.81. The zero-order valence-electron chi connectivity index (χ0n) is 5.81. The van der Waals surface area contributed by atoms with E-state index in [9.17, 15) is 0 Å². The fourth-order valence-corrected chi connectivity index (χ4v) is 0.425. The SMILES string of the molecule is CC(/C=C(\C)N)=C(N)N. The fraction of sp³-hybridized carbons (Fsp3) is 0.333. The second-order valence-corrected chi connectivity index (χ2v) is 2.03. The van der Waals surface area contributed by atoms with Gasteiger partial charge in [-0.2, -0.15) is 0 Å². The van der Waals surface area contributed by atoms with E-state index in [1.807, 2.05) is 6.92 Å². The first-order chi connectivity index (χ1) is 4.04. The van der Waals surface area contributed by atoms with Crippen molar-refractivity contribution in [1.82, 2.24) is 0 Å². The van der Waals surface area contributed by atoms with Gasteiger partial charge in [-0.3, -0.25) is 0 Å². The molecule has 0 bridgehead atoms. The van der Waals surface area contributed by atoms with Crippen molar-refractivity contribution in [3.05, 3.63) is 23.2 Å². The minimum absolute atomic E-state index is 0.319. The van der Waals surface area contributed by atoms with E-state index in [1.54, 1.807) is 13.0 Å². The van der Waals surface area contributed by atoms with Crippen LogP contribution in [-0.2, 0) is 0 Å². The average Bonchev–Trinajstić information content (AvgIpc) is 1.63. The molecule has 0 saturated carbocycles. The van der Waals surface area contributed by atoms with Crippen molar-refractivity contribution in [2.24, 2.45) is 17.2 Å². The van der Waals surface area contributed by atoms with Crippen LogP contribution in [0.5, 0.6) is 0 Å². The molecular formula is C6H13N3. The van der Waals surface area contributed by atoms with Gasteiger partial charge in [-0.05, 0) is 25.5 Å². The Balaban J connectivity index is 4.25. The molecule has 0 aliphatic rings. The summed E-state index contributed by atoms with van der Waals surface area (Å²) in [6.45, 7) is 3.60. The summed E-state index contributed by atoms with van der Waals surface area (Å²) in [4.78, 5) is 0. The van der Waals surface area contributed by atoms with Crippen LogP contribution in [0.25, 0.3) is 0 Å². The van der Waals surface area contributed by atoms with Crippen LogP contribution in [0.15, 0.2) is 23.2 Å². The minimum atomic E-state index is 0.319. The Labute approximate surface area is 55.2 Å². The van der Waals surface area contributed by atoms with Crippen LogP contribution in [0.4, 0.5) is 0 Å². The third-order valence-corrected chi connectivity index (χ3v) is 0.900. The highest BCUT2D eigenvalue weighted by Gasteiger charge is 1.86. The van der Waals surface area contributed by atoms with Crippen LogP contribution in [-0.4, -0.2) is 0 Å². The van der Waals surface area contributed by atoms with Gasteiger partial charge in [0.1, 0.15) is 0 Å². The molecule has 0 aromatic heterocycles. The van der Waals surface area contributed by atoms with Gasteiger partial charge in [0.15, 0.2) is 0 Å². The molecule has 0 atom stereocenters. The van der Waals surface area contributed by atoms with Crippen molar-refractivity contribution in [2.75, 3.05) is 0 Å². The molecule has 0 fully saturated rings. The van der Waals surface area contributed by atoms with Gasteiger partial charge in [-0.25, -0.2) is 0 Å². The first-order valence-electron chi connectivity index (χ1n) is 2.69. The van der Waals surface area contributed by atoms with Gasteiger partial charge in [0.05, 0.1) is 5.82 Å². The van der Waals surface area contributed by atoms with Crippen molar-refractivity contribution < 1.29 is 0 Å². The molecule has 0 aromatic carbocycles. The fourth-order valence-electron chi connectivity index (χ4n) is 0.425. The second kappa shape index (κ2) is 3.02. The molecule has 0 aliphatic heterocycles. The Bertz CT molecular complexity index is 148. The van der Waals surface area contributed by atoms with Crippen molar-refractivity contribution in [3.8, 4) is 0 Å². The van der Waals surface area contributed by atoms with Gasteiger partial charge in [0.25, 0.3) is 0 Å². The summed E-state index contributed by atoms with van der Waals surface area (Å²) < 4.78 is 0. The lowest BCUT2D eigenvalue weighted by molar-refractivity contribution is 1.17. The van der Waals surface area contributed by atoms with Crippen LogP contribution in [0, 0.1) is 0 Å². The summed E-state index contributed by atoms with van der Waals surface area (Å²) in [7, 11) is 0. The first-order valence-corrected chi connectivity index (χ1v) is 2.69. The molecule has 3 nitrogen and oxygen atoms in total. The van der Waals surface area contributed by atoms with Gasteiger partial charge in [-0.15, -0.1) is 0 Å². The van der Waals surface area contributed by atoms with E-state index >= 15 is 0 Å². The summed E-state index contributed by atoms with van der Waals surface area (Å²) in [6, 6.07) is 0. The lowest BCUT2D eigenvalue weighted by Gasteiger charge is -1.95. The molecule has 0 saturated heterocycles. The normalized spacial score (nSPS) is 11.1. The average molecular weight is 127 g/mol. The monoisotopic (exact) mass is 127 g/mol. The van der Waals surface area contributed by atoms with Crippen molar-refractivity contribution in [1.29, 1.82) is 0 Å². The Morgan fingerprint density at radius 1 is 1.11 bits per heavy atom. The number of hydrogen-bond donors (Lipinski definition) is 3. The van der Waals surface area contributed by atoms with E-state index in [0.29, 0.717) is 11.5 Å². The van der Waals surface area contributed by atoms with Gasteiger partial charge in [0, 0.05) is 5.70 Å². The van der Waals surface area contributed by atoms with E-state index in [0.717, 1.165) is 5.57 Å². The summed E-state index contributed by atoms with van der Waals surface area (Å²) in [5.41, 5.74) is 17.4. The van der Waals surface area contributed by atoms with E-state index in [1.165, 1.54) is 0 Å². The Kier molecular flexibility index (Phi) is 2.64. The number of allylic oxidation sites excluding steroid dienone is 3. The van der Waals surface area contributed by atoms with Crippen LogP contribution in [0.2, 0.25) is 0 Å². The summed E-state index contributed by atoms with van der Waals surface area (Å²) in [5.74, 6) is 0.319. The number of nitrogens with two attached hydrogens (primary N) is 3. The Morgan fingerprint density at radius 3 is 1.67 bits per heavy atom. The summed E-state index contributed by atoms with van der Waals surface area (Å²) in [5, 5.41) is 0. The van der Waals surface area contributed by atoms with E-state index < -0.39 is 0 Å². The molecular weight excluding hydrogens is 114 g/mol. The van der Waals surface area contributed by atoms with Crippen molar-refractivity contribution in [3.63, 3.8) is 0 Å². The molecule has 52 valence electrons. The molecule has 0 radical (unpaired) electrons.